The normalized spacial score (nSPS) is 15.1. The molecule has 138 valence electrons. The summed E-state index contributed by atoms with van der Waals surface area (Å²) in [7, 11) is 0. The fraction of sp³-hybridized carbons (Fsp3) is 0.286. The highest BCUT2D eigenvalue weighted by atomic mass is 16.2. The van der Waals surface area contributed by atoms with Gasteiger partial charge in [0, 0.05) is 44.0 Å². The first-order chi connectivity index (χ1) is 13.2. The van der Waals surface area contributed by atoms with Crippen LogP contribution in [0.15, 0.2) is 61.2 Å². The smallest absolute Gasteiger partial charge is 0.253 e. The van der Waals surface area contributed by atoms with E-state index in [4.69, 9.17) is 0 Å². The van der Waals surface area contributed by atoms with Crippen molar-refractivity contribution in [2.24, 2.45) is 0 Å². The minimum atomic E-state index is 0.0977. The largest absolute Gasteiger partial charge is 0.336 e. The number of amides is 1. The summed E-state index contributed by atoms with van der Waals surface area (Å²) in [6.45, 7) is 6.39. The van der Waals surface area contributed by atoms with E-state index in [1.807, 2.05) is 33.7 Å². The molecule has 0 unspecified atom stereocenters. The third-order valence-corrected chi connectivity index (χ3v) is 4.98. The van der Waals surface area contributed by atoms with Crippen molar-refractivity contribution < 1.29 is 4.79 Å². The van der Waals surface area contributed by atoms with Crippen molar-refractivity contribution in [3.05, 3.63) is 77.9 Å². The van der Waals surface area contributed by atoms with Crippen molar-refractivity contribution in [2.75, 3.05) is 26.2 Å². The van der Waals surface area contributed by atoms with Crippen LogP contribution in [-0.2, 0) is 6.54 Å². The SMILES string of the molecule is Cc1cccc(CN2CCN(C(=O)c3ccc(-n4cnnc4)cc3)CC2)c1. The number of rotatable bonds is 4. The Kier molecular flexibility index (Phi) is 4.98. The van der Waals surface area contributed by atoms with Crippen LogP contribution in [0.2, 0.25) is 0 Å². The summed E-state index contributed by atoms with van der Waals surface area (Å²) in [5.41, 5.74) is 4.29. The first kappa shape index (κ1) is 17.4. The van der Waals surface area contributed by atoms with Gasteiger partial charge < -0.3 is 4.90 Å². The van der Waals surface area contributed by atoms with E-state index in [1.165, 1.54) is 11.1 Å². The van der Waals surface area contributed by atoms with Crippen molar-refractivity contribution in [2.45, 2.75) is 13.5 Å². The summed E-state index contributed by atoms with van der Waals surface area (Å²) in [4.78, 5) is 17.1. The molecule has 1 aliphatic heterocycles. The number of aromatic nitrogens is 3. The van der Waals surface area contributed by atoms with Crippen molar-refractivity contribution in [3.63, 3.8) is 0 Å². The molecule has 0 N–H and O–H groups in total. The Morgan fingerprint density at radius 1 is 0.963 bits per heavy atom. The molecule has 1 aliphatic rings. The molecule has 0 spiro atoms. The molecule has 1 amide bonds. The zero-order valence-corrected chi connectivity index (χ0v) is 15.5. The molecule has 0 aliphatic carbocycles. The van der Waals surface area contributed by atoms with Crippen LogP contribution in [-0.4, -0.2) is 56.7 Å². The lowest BCUT2D eigenvalue weighted by molar-refractivity contribution is 0.0628. The van der Waals surface area contributed by atoms with E-state index in [9.17, 15) is 4.79 Å². The molecule has 6 heteroatoms. The standard InChI is InChI=1S/C21H23N5O/c1-17-3-2-4-18(13-17)14-24-9-11-25(12-10-24)21(27)19-5-7-20(8-6-19)26-15-22-23-16-26/h2-8,13,15-16H,9-12,14H2,1H3. The number of aryl methyl sites for hydroxylation is 1. The van der Waals surface area contributed by atoms with Gasteiger partial charge in [0.2, 0.25) is 0 Å². The lowest BCUT2D eigenvalue weighted by Gasteiger charge is -2.34. The van der Waals surface area contributed by atoms with Gasteiger partial charge in [-0.05, 0) is 36.8 Å². The van der Waals surface area contributed by atoms with E-state index >= 15 is 0 Å². The number of benzene rings is 2. The molecule has 1 saturated heterocycles. The van der Waals surface area contributed by atoms with Crippen LogP contribution < -0.4 is 0 Å². The second kappa shape index (κ2) is 7.72. The summed E-state index contributed by atoms with van der Waals surface area (Å²) in [5, 5.41) is 7.61. The summed E-state index contributed by atoms with van der Waals surface area (Å²) in [6, 6.07) is 16.2. The fourth-order valence-corrected chi connectivity index (χ4v) is 3.47. The Labute approximate surface area is 159 Å². The van der Waals surface area contributed by atoms with E-state index < -0.39 is 0 Å². The lowest BCUT2D eigenvalue weighted by atomic mass is 10.1. The van der Waals surface area contributed by atoms with Crippen molar-refractivity contribution >= 4 is 5.91 Å². The van der Waals surface area contributed by atoms with Crippen molar-refractivity contribution in [1.29, 1.82) is 0 Å². The molecule has 1 aromatic heterocycles. The third kappa shape index (κ3) is 4.06. The second-order valence-corrected chi connectivity index (χ2v) is 6.97. The van der Waals surface area contributed by atoms with Crippen LogP contribution in [0.5, 0.6) is 0 Å². The molecule has 2 heterocycles. The minimum absolute atomic E-state index is 0.0977. The highest BCUT2D eigenvalue weighted by Gasteiger charge is 2.22. The van der Waals surface area contributed by atoms with Crippen LogP contribution in [0, 0.1) is 6.92 Å². The molecule has 6 nitrogen and oxygen atoms in total. The van der Waals surface area contributed by atoms with Gasteiger partial charge in [0.05, 0.1) is 0 Å². The second-order valence-electron chi connectivity index (χ2n) is 6.97. The van der Waals surface area contributed by atoms with Crippen molar-refractivity contribution in [3.8, 4) is 5.69 Å². The average Bonchev–Trinajstić information content (AvgIpc) is 3.23. The number of hydrogen-bond acceptors (Lipinski definition) is 4. The molecule has 0 radical (unpaired) electrons. The Bertz CT molecular complexity index is 897. The monoisotopic (exact) mass is 361 g/mol. The molecule has 3 aromatic rings. The summed E-state index contributed by atoms with van der Waals surface area (Å²) >= 11 is 0. The molecule has 0 bridgehead atoms. The highest BCUT2D eigenvalue weighted by Crippen LogP contribution is 2.14. The highest BCUT2D eigenvalue weighted by molar-refractivity contribution is 5.94. The van der Waals surface area contributed by atoms with Gasteiger partial charge in [-0.15, -0.1) is 10.2 Å². The Morgan fingerprint density at radius 3 is 2.33 bits per heavy atom. The number of piperazine rings is 1. The number of carbonyl (C=O) groups excluding carboxylic acids is 1. The van der Waals surface area contributed by atoms with E-state index in [2.05, 4.69) is 46.3 Å². The zero-order valence-electron chi connectivity index (χ0n) is 15.5. The van der Waals surface area contributed by atoms with Gasteiger partial charge in [-0.2, -0.15) is 0 Å². The molecule has 0 atom stereocenters. The van der Waals surface area contributed by atoms with Gasteiger partial charge in [0.15, 0.2) is 0 Å². The number of carbonyl (C=O) groups is 1. The fourth-order valence-electron chi connectivity index (χ4n) is 3.47. The zero-order chi connectivity index (χ0) is 18.6. The number of hydrogen-bond donors (Lipinski definition) is 0. The van der Waals surface area contributed by atoms with E-state index in [-0.39, 0.29) is 5.91 Å². The van der Waals surface area contributed by atoms with E-state index in [1.54, 1.807) is 12.7 Å². The Morgan fingerprint density at radius 2 is 1.67 bits per heavy atom. The van der Waals surface area contributed by atoms with Crippen molar-refractivity contribution in [1.82, 2.24) is 24.6 Å². The summed E-state index contributed by atoms with van der Waals surface area (Å²) < 4.78 is 1.82. The first-order valence-electron chi connectivity index (χ1n) is 9.21. The molecule has 1 fully saturated rings. The summed E-state index contributed by atoms with van der Waals surface area (Å²) in [5.74, 6) is 0.0977. The topological polar surface area (TPSA) is 54.3 Å². The van der Waals surface area contributed by atoms with Gasteiger partial charge in [-0.25, -0.2) is 0 Å². The average molecular weight is 361 g/mol. The molecule has 27 heavy (non-hydrogen) atoms. The van der Waals surface area contributed by atoms with E-state index in [0.29, 0.717) is 0 Å². The Hall–Kier alpha value is -2.99. The van der Waals surface area contributed by atoms with Crippen LogP contribution in [0.1, 0.15) is 21.5 Å². The predicted octanol–water partition coefficient (Wildman–Crippen LogP) is 2.53. The van der Waals surface area contributed by atoms with Gasteiger partial charge in [0.25, 0.3) is 5.91 Å². The van der Waals surface area contributed by atoms with Crippen LogP contribution in [0.4, 0.5) is 0 Å². The van der Waals surface area contributed by atoms with Crippen LogP contribution >= 0.6 is 0 Å². The maximum Gasteiger partial charge on any atom is 0.253 e. The maximum atomic E-state index is 12.8. The molecular weight excluding hydrogens is 338 g/mol. The number of nitrogens with zero attached hydrogens (tertiary/aromatic N) is 5. The lowest BCUT2D eigenvalue weighted by Crippen LogP contribution is -2.48. The quantitative estimate of drug-likeness (QED) is 0.717. The minimum Gasteiger partial charge on any atom is -0.336 e. The Balaban J connectivity index is 1.34. The molecule has 2 aromatic carbocycles. The molecular formula is C21H23N5O. The first-order valence-corrected chi connectivity index (χ1v) is 9.21. The molecule has 4 rings (SSSR count). The molecule has 0 saturated carbocycles. The van der Waals surface area contributed by atoms with Crippen LogP contribution in [0.3, 0.4) is 0 Å². The van der Waals surface area contributed by atoms with Gasteiger partial charge in [0.1, 0.15) is 12.7 Å². The maximum absolute atomic E-state index is 12.8. The predicted molar refractivity (Wildman–Crippen MR) is 104 cm³/mol. The van der Waals surface area contributed by atoms with Gasteiger partial charge in [-0.3, -0.25) is 14.3 Å². The third-order valence-electron chi connectivity index (χ3n) is 4.98. The van der Waals surface area contributed by atoms with Gasteiger partial charge >= 0.3 is 0 Å². The van der Waals surface area contributed by atoms with E-state index in [0.717, 1.165) is 44.0 Å². The van der Waals surface area contributed by atoms with Gasteiger partial charge in [-0.1, -0.05) is 29.8 Å². The summed E-state index contributed by atoms with van der Waals surface area (Å²) in [6.07, 6.45) is 3.29. The van der Waals surface area contributed by atoms with Crippen LogP contribution in [0.25, 0.3) is 5.69 Å².